The van der Waals surface area contributed by atoms with Gasteiger partial charge in [-0.25, -0.2) is 0 Å². The molecule has 0 saturated carbocycles. The number of thiophene rings is 1. The highest BCUT2D eigenvalue weighted by atomic mass is 32.1. The standard InChI is InChI=1S/C11H9NS2/c13-11-6-2-1-5-10(11)12-8-9-4-3-7-14-9/h1-8,13H. The smallest absolute Gasteiger partial charge is 0.0763 e. The summed E-state index contributed by atoms with van der Waals surface area (Å²) in [6.45, 7) is 0. The van der Waals surface area contributed by atoms with E-state index in [1.165, 1.54) is 0 Å². The van der Waals surface area contributed by atoms with E-state index in [1.807, 2.05) is 48.0 Å². The highest BCUT2D eigenvalue weighted by Gasteiger charge is 1.93. The quantitative estimate of drug-likeness (QED) is 0.583. The zero-order valence-electron chi connectivity index (χ0n) is 7.42. The minimum atomic E-state index is 0.903. The van der Waals surface area contributed by atoms with Gasteiger partial charge in [0.15, 0.2) is 0 Å². The lowest BCUT2D eigenvalue weighted by Gasteiger charge is -1.95. The van der Waals surface area contributed by atoms with E-state index in [4.69, 9.17) is 0 Å². The molecule has 0 aliphatic carbocycles. The number of rotatable bonds is 2. The van der Waals surface area contributed by atoms with Gasteiger partial charge in [0.25, 0.3) is 0 Å². The average molecular weight is 219 g/mol. The highest BCUT2D eigenvalue weighted by Crippen LogP contribution is 2.22. The SMILES string of the molecule is Sc1ccccc1N=Cc1cccs1. The van der Waals surface area contributed by atoms with Crippen LogP contribution in [-0.4, -0.2) is 6.21 Å². The molecule has 0 amide bonds. The molecule has 70 valence electrons. The molecule has 0 spiro atoms. The molecule has 14 heavy (non-hydrogen) atoms. The minimum absolute atomic E-state index is 0.903. The fraction of sp³-hybridized carbons (Fsp3) is 0. The Bertz CT molecular complexity index is 432. The monoisotopic (exact) mass is 219 g/mol. The summed E-state index contributed by atoms with van der Waals surface area (Å²) in [6, 6.07) is 11.8. The van der Waals surface area contributed by atoms with Crippen LogP contribution in [0.5, 0.6) is 0 Å². The number of nitrogens with zero attached hydrogens (tertiary/aromatic N) is 1. The van der Waals surface area contributed by atoms with Crippen LogP contribution in [0.1, 0.15) is 4.88 Å². The van der Waals surface area contributed by atoms with E-state index in [9.17, 15) is 0 Å². The lowest BCUT2D eigenvalue weighted by Crippen LogP contribution is -1.73. The van der Waals surface area contributed by atoms with Crippen LogP contribution in [-0.2, 0) is 0 Å². The normalized spacial score (nSPS) is 10.9. The fourth-order valence-electron chi connectivity index (χ4n) is 1.07. The third kappa shape index (κ3) is 2.25. The molecule has 2 rings (SSSR count). The molecule has 0 saturated heterocycles. The maximum Gasteiger partial charge on any atom is 0.0763 e. The molecule has 1 heterocycles. The summed E-state index contributed by atoms with van der Waals surface area (Å²) in [5.74, 6) is 0. The third-order valence-corrected chi connectivity index (χ3v) is 2.94. The molecular weight excluding hydrogens is 210 g/mol. The molecule has 0 aliphatic heterocycles. The van der Waals surface area contributed by atoms with Gasteiger partial charge in [0.1, 0.15) is 0 Å². The van der Waals surface area contributed by atoms with Crippen LogP contribution in [0.4, 0.5) is 5.69 Å². The van der Waals surface area contributed by atoms with Crippen LogP contribution in [0.25, 0.3) is 0 Å². The van der Waals surface area contributed by atoms with Gasteiger partial charge in [0.2, 0.25) is 0 Å². The first-order valence-electron chi connectivity index (χ1n) is 4.22. The van der Waals surface area contributed by atoms with Crippen molar-refractivity contribution in [2.24, 2.45) is 4.99 Å². The van der Waals surface area contributed by atoms with Gasteiger partial charge in [-0.1, -0.05) is 18.2 Å². The Labute approximate surface area is 92.5 Å². The topological polar surface area (TPSA) is 12.4 Å². The van der Waals surface area contributed by atoms with Crippen molar-refractivity contribution in [3.05, 3.63) is 46.7 Å². The molecule has 1 nitrogen and oxygen atoms in total. The molecule has 1 aromatic heterocycles. The summed E-state index contributed by atoms with van der Waals surface area (Å²) in [5, 5.41) is 2.04. The number of hydrogen-bond donors (Lipinski definition) is 1. The van der Waals surface area contributed by atoms with Gasteiger partial charge in [-0.05, 0) is 23.6 Å². The van der Waals surface area contributed by atoms with Crippen LogP contribution in [0, 0.1) is 0 Å². The zero-order chi connectivity index (χ0) is 9.80. The van der Waals surface area contributed by atoms with E-state index >= 15 is 0 Å². The zero-order valence-corrected chi connectivity index (χ0v) is 9.13. The Morgan fingerprint density at radius 2 is 2.00 bits per heavy atom. The van der Waals surface area contributed by atoms with Gasteiger partial charge < -0.3 is 0 Å². The van der Waals surface area contributed by atoms with Gasteiger partial charge >= 0.3 is 0 Å². The van der Waals surface area contributed by atoms with Crippen molar-refractivity contribution < 1.29 is 0 Å². The van der Waals surface area contributed by atoms with Crippen LogP contribution < -0.4 is 0 Å². The Balaban J connectivity index is 2.23. The first kappa shape index (κ1) is 9.49. The Hall–Kier alpha value is -1.06. The summed E-state index contributed by atoms with van der Waals surface area (Å²) in [7, 11) is 0. The molecule has 0 radical (unpaired) electrons. The van der Waals surface area contributed by atoms with E-state index in [1.54, 1.807) is 11.3 Å². The van der Waals surface area contributed by atoms with Gasteiger partial charge in [0.05, 0.1) is 5.69 Å². The fourth-order valence-corrected chi connectivity index (χ4v) is 1.87. The predicted octanol–water partition coefficient (Wildman–Crippen LogP) is 3.79. The molecule has 0 N–H and O–H groups in total. The maximum absolute atomic E-state index is 4.36. The second kappa shape index (κ2) is 4.44. The molecule has 0 fully saturated rings. The van der Waals surface area contributed by atoms with Crippen molar-refractivity contribution in [1.82, 2.24) is 0 Å². The van der Waals surface area contributed by atoms with Crippen molar-refractivity contribution >= 4 is 35.9 Å². The van der Waals surface area contributed by atoms with Crippen LogP contribution in [0.2, 0.25) is 0 Å². The minimum Gasteiger partial charge on any atom is -0.254 e. The summed E-state index contributed by atoms with van der Waals surface area (Å²) in [5.41, 5.74) is 0.907. The van der Waals surface area contributed by atoms with Gasteiger partial charge in [0, 0.05) is 16.0 Å². The molecule has 1 aromatic carbocycles. The Kier molecular flexibility index (Phi) is 3.01. The van der Waals surface area contributed by atoms with E-state index in [0.717, 1.165) is 15.5 Å². The first-order chi connectivity index (χ1) is 6.86. The van der Waals surface area contributed by atoms with Gasteiger partial charge in [-0.15, -0.1) is 24.0 Å². The second-order valence-corrected chi connectivity index (χ2v) is 4.22. The van der Waals surface area contributed by atoms with E-state index < -0.39 is 0 Å². The molecule has 0 atom stereocenters. The molecule has 0 aliphatic rings. The van der Waals surface area contributed by atoms with Crippen molar-refractivity contribution in [3.8, 4) is 0 Å². The number of para-hydroxylation sites is 1. The summed E-state index contributed by atoms with van der Waals surface area (Å²) < 4.78 is 0. The summed E-state index contributed by atoms with van der Waals surface area (Å²) in [4.78, 5) is 6.41. The summed E-state index contributed by atoms with van der Waals surface area (Å²) in [6.07, 6.45) is 1.86. The van der Waals surface area contributed by atoms with Crippen LogP contribution in [0.15, 0.2) is 51.7 Å². The van der Waals surface area contributed by atoms with Crippen molar-refractivity contribution in [2.75, 3.05) is 0 Å². The molecule has 3 heteroatoms. The molecule has 0 unspecified atom stereocenters. The highest BCUT2D eigenvalue weighted by molar-refractivity contribution is 7.80. The first-order valence-corrected chi connectivity index (χ1v) is 5.54. The van der Waals surface area contributed by atoms with E-state index in [0.29, 0.717) is 0 Å². The van der Waals surface area contributed by atoms with Gasteiger partial charge in [-0.3, -0.25) is 4.99 Å². The number of benzene rings is 1. The number of thiol groups is 1. The van der Waals surface area contributed by atoms with Crippen LogP contribution in [0.3, 0.4) is 0 Å². The lowest BCUT2D eigenvalue weighted by molar-refractivity contribution is 1.39. The van der Waals surface area contributed by atoms with E-state index in [2.05, 4.69) is 17.6 Å². The van der Waals surface area contributed by atoms with Crippen molar-refractivity contribution in [3.63, 3.8) is 0 Å². The van der Waals surface area contributed by atoms with E-state index in [-0.39, 0.29) is 0 Å². The largest absolute Gasteiger partial charge is 0.254 e. The van der Waals surface area contributed by atoms with Crippen molar-refractivity contribution in [2.45, 2.75) is 4.90 Å². The number of hydrogen-bond acceptors (Lipinski definition) is 3. The predicted molar refractivity (Wildman–Crippen MR) is 65.3 cm³/mol. The summed E-state index contributed by atoms with van der Waals surface area (Å²) >= 11 is 5.99. The third-order valence-electron chi connectivity index (χ3n) is 1.76. The Morgan fingerprint density at radius 1 is 1.14 bits per heavy atom. The second-order valence-electron chi connectivity index (χ2n) is 2.76. The number of aliphatic imine (C=N–C) groups is 1. The van der Waals surface area contributed by atoms with Crippen molar-refractivity contribution in [1.29, 1.82) is 0 Å². The van der Waals surface area contributed by atoms with Crippen LogP contribution >= 0.6 is 24.0 Å². The molecule has 0 bridgehead atoms. The van der Waals surface area contributed by atoms with Gasteiger partial charge in [-0.2, -0.15) is 0 Å². The average Bonchev–Trinajstić information content (AvgIpc) is 2.69. The molecular formula is C11H9NS2. The lowest BCUT2D eigenvalue weighted by atomic mass is 10.3. The Morgan fingerprint density at radius 3 is 2.71 bits per heavy atom. The molecule has 2 aromatic rings. The maximum atomic E-state index is 4.36.